The molecule has 0 aromatic rings. The van der Waals surface area contributed by atoms with E-state index in [9.17, 15) is 22.0 Å². The maximum atomic E-state index is 13.6. The molecule has 2 unspecified atom stereocenters. The van der Waals surface area contributed by atoms with Crippen molar-refractivity contribution >= 4 is 16.1 Å². The van der Waals surface area contributed by atoms with E-state index in [2.05, 4.69) is 0 Å². The summed E-state index contributed by atoms with van der Waals surface area (Å²) in [5.41, 5.74) is -1.14. The highest BCUT2D eigenvalue weighted by molar-refractivity contribution is 7.87. The van der Waals surface area contributed by atoms with E-state index in [-0.39, 0.29) is 17.8 Å². The zero-order valence-electron chi connectivity index (χ0n) is 13.4. The van der Waals surface area contributed by atoms with Crippen molar-refractivity contribution in [1.82, 2.24) is 0 Å². The monoisotopic (exact) mass is 382 g/mol. The zero-order chi connectivity index (χ0) is 18.1. The summed E-state index contributed by atoms with van der Waals surface area (Å²) in [6.45, 7) is 1.15. The van der Waals surface area contributed by atoms with Crippen molar-refractivity contribution in [3.05, 3.63) is 0 Å². The van der Waals surface area contributed by atoms with E-state index in [0.29, 0.717) is 32.5 Å². The van der Waals surface area contributed by atoms with Crippen LogP contribution in [0.5, 0.6) is 0 Å². The first kappa shape index (κ1) is 17.6. The van der Waals surface area contributed by atoms with Crippen LogP contribution in [0.25, 0.3) is 0 Å². The molecule has 4 bridgehead atoms. The molecular weight excluding hydrogens is 362 g/mol. The van der Waals surface area contributed by atoms with Crippen LogP contribution in [0.3, 0.4) is 0 Å². The van der Waals surface area contributed by atoms with Gasteiger partial charge in [-0.05, 0) is 44.4 Å². The Kier molecular flexibility index (Phi) is 3.75. The van der Waals surface area contributed by atoms with Gasteiger partial charge in [0.25, 0.3) is 0 Å². The van der Waals surface area contributed by atoms with Crippen LogP contribution in [0.1, 0.15) is 38.5 Å². The molecule has 10 heteroatoms. The Morgan fingerprint density at radius 1 is 1.12 bits per heavy atom. The fourth-order valence-corrected chi connectivity index (χ4v) is 5.63. The van der Waals surface area contributed by atoms with Crippen LogP contribution < -0.4 is 0 Å². The maximum absolute atomic E-state index is 13.6. The molecular formula is C15H20F2O7S. The van der Waals surface area contributed by atoms with Crippen molar-refractivity contribution in [3.8, 4) is 0 Å². The second kappa shape index (κ2) is 5.34. The third-order valence-corrected chi connectivity index (χ3v) is 6.90. The van der Waals surface area contributed by atoms with E-state index in [1.807, 2.05) is 0 Å². The Morgan fingerprint density at radius 2 is 1.68 bits per heavy atom. The highest BCUT2D eigenvalue weighted by Gasteiger charge is 2.67. The molecule has 1 aliphatic heterocycles. The summed E-state index contributed by atoms with van der Waals surface area (Å²) < 4.78 is 74.3. The fraction of sp³-hybridized carbons (Fsp3) is 0.933. The first-order valence-corrected chi connectivity index (χ1v) is 9.88. The van der Waals surface area contributed by atoms with Gasteiger partial charge in [-0.2, -0.15) is 17.2 Å². The smallest absolute Gasteiger partial charge is 0.454 e. The van der Waals surface area contributed by atoms with Gasteiger partial charge in [0.05, 0.1) is 13.2 Å². The normalized spacial score (nSPS) is 39.6. The standard InChI is InChI=1S/C15H20F2O7S/c16-15(17,25(19,20)21)12(18)24-13-6-9-4-10(7-13)14(11(5-9)8-13)22-2-1-3-23-14/h9-11H,1-8H2,(H,19,20,21). The highest BCUT2D eigenvalue weighted by Crippen LogP contribution is 2.63. The largest absolute Gasteiger partial charge is 0.465 e. The highest BCUT2D eigenvalue weighted by atomic mass is 32.2. The minimum atomic E-state index is -5.87. The minimum absolute atomic E-state index is 0.0776. The maximum Gasteiger partial charge on any atom is 0.465 e. The molecule has 7 nitrogen and oxygen atoms in total. The number of esters is 1. The number of halogens is 2. The number of carbonyl (C=O) groups is 1. The van der Waals surface area contributed by atoms with Crippen LogP contribution in [0.4, 0.5) is 8.78 Å². The first-order valence-electron chi connectivity index (χ1n) is 8.44. The lowest BCUT2D eigenvalue weighted by molar-refractivity contribution is -0.373. The topological polar surface area (TPSA) is 99.1 Å². The Morgan fingerprint density at radius 3 is 2.20 bits per heavy atom. The van der Waals surface area contributed by atoms with Gasteiger partial charge in [0, 0.05) is 11.8 Å². The molecule has 1 spiro atoms. The predicted octanol–water partition coefficient (Wildman–Crippen LogP) is 1.72. The fourth-order valence-electron chi connectivity index (χ4n) is 5.38. The lowest BCUT2D eigenvalue weighted by Crippen LogP contribution is -2.67. The molecule has 1 N–H and O–H groups in total. The van der Waals surface area contributed by atoms with Crippen LogP contribution in [0, 0.1) is 17.8 Å². The second-order valence-corrected chi connectivity index (χ2v) is 9.14. The molecule has 4 aliphatic carbocycles. The number of rotatable bonds is 3. The van der Waals surface area contributed by atoms with E-state index in [1.165, 1.54) is 0 Å². The summed E-state index contributed by atoms with van der Waals surface area (Å²) in [6.07, 6.45) is 3.43. The summed E-state index contributed by atoms with van der Waals surface area (Å²) in [7, 11) is -5.87. The molecule has 0 radical (unpaired) electrons. The van der Waals surface area contributed by atoms with Gasteiger partial charge in [-0.1, -0.05) is 0 Å². The van der Waals surface area contributed by atoms with Crippen LogP contribution in [0.15, 0.2) is 0 Å². The summed E-state index contributed by atoms with van der Waals surface area (Å²) in [4.78, 5) is 11.8. The third kappa shape index (κ3) is 2.52. The van der Waals surface area contributed by atoms with Crippen LogP contribution in [-0.2, 0) is 29.1 Å². The summed E-state index contributed by atoms with van der Waals surface area (Å²) >= 11 is 0. The van der Waals surface area contributed by atoms with Crippen molar-refractivity contribution in [3.63, 3.8) is 0 Å². The van der Waals surface area contributed by atoms with Gasteiger partial charge >= 0.3 is 21.3 Å². The Bertz CT molecular complexity index is 668. The number of hydrogen-bond donors (Lipinski definition) is 1. The van der Waals surface area contributed by atoms with E-state index in [4.69, 9.17) is 18.8 Å². The predicted molar refractivity (Wildman–Crippen MR) is 78.1 cm³/mol. The summed E-state index contributed by atoms with van der Waals surface area (Å²) in [5, 5.41) is -4.97. The molecule has 2 atom stereocenters. The van der Waals surface area contributed by atoms with Crippen molar-refractivity contribution in [1.29, 1.82) is 0 Å². The Balaban J connectivity index is 1.58. The van der Waals surface area contributed by atoms with Gasteiger partial charge in [-0.25, -0.2) is 4.79 Å². The molecule has 0 amide bonds. The van der Waals surface area contributed by atoms with Gasteiger partial charge in [-0.15, -0.1) is 0 Å². The molecule has 142 valence electrons. The van der Waals surface area contributed by atoms with Crippen LogP contribution in [0.2, 0.25) is 0 Å². The second-order valence-electron chi connectivity index (χ2n) is 7.68. The van der Waals surface area contributed by atoms with E-state index in [1.54, 1.807) is 0 Å². The third-order valence-electron chi connectivity index (χ3n) is 6.09. The quantitative estimate of drug-likeness (QED) is 0.586. The van der Waals surface area contributed by atoms with Crippen molar-refractivity contribution < 1.29 is 40.8 Å². The molecule has 5 fully saturated rings. The van der Waals surface area contributed by atoms with Gasteiger partial charge in [0.2, 0.25) is 0 Å². The SMILES string of the molecule is O=C(OC12CC3CC(C1)C1(OCCCO1)C(C3)C2)C(F)(F)S(=O)(=O)O. The van der Waals surface area contributed by atoms with E-state index in [0.717, 1.165) is 19.3 Å². The molecule has 1 saturated heterocycles. The molecule has 25 heavy (non-hydrogen) atoms. The first-order chi connectivity index (χ1) is 11.6. The number of ether oxygens (including phenoxy) is 3. The zero-order valence-corrected chi connectivity index (χ0v) is 14.3. The molecule has 5 aliphatic rings. The van der Waals surface area contributed by atoms with Gasteiger partial charge in [-0.3, -0.25) is 4.55 Å². The molecule has 0 aromatic carbocycles. The van der Waals surface area contributed by atoms with Crippen molar-refractivity contribution in [2.75, 3.05) is 13.2 Å². The minimum Gasteiger partial charge on any atom is -0.454 e. The number of carbonyl (C=O) groups excluding carboxylic acids is 1. The van der Waals surface area contributed by atoms with E-state index >= 15 is 0 Å². The molecule has 1 heterocycles. The molecule has 5 rings (SSSR count). The van der Waals surface area contributed by atoms with Crippen LogP contribution >= 0.6 is 0 Å². The average Bonchev–Trinajstić information content (AvgIpc) is 2.51. The number of alkyl halides is 2. The van der Waals surface area contributed by atoms with Crippen LogP contribution in [-0.4, -0.2) is 48.8 Å². The number of hydrogen-bond acceptors (Lipinski definition) is 6. The van der Waals surface area contributed by atoms with E-state index < -0.39 is 32.7 Å². The Labute approximate surface area is 143 Å². The summed E-state index contributed by atoms with van der Waals surface area (Å²) in [5.74, 6) is -2.91. The van der Waals surface area contributed by atoms with Crippen molar-refractivity contribution in [2.45, 2.75) is 55.2 Å². The van der Waals surface area contributed by atoms with Gasteiger partial charge < -0.3 is 14.2 Å². The Hall–Kier alpha value is -0.840. The molecule has 4 saturated carbocycles. The van der Waals surface area contributed by atoms with Gasteiger partial charge in [0.1, 0.15) is 5.60 Å². The van der Waals surface area contributed by atoms with Crippen molar-refractivity contribution in [2.24, 2.45) is 17.8 Å². The average molecular weight is 382 g/mol. The molecule has 0 aromatic heterocycles. The van der Waals surface area contributed by atoms with Gasteiger partial charge in [0.15, 0.2) is 5.79 Å². The lowest BCUT2D eigenvalue weighted by Gasteiger charge is -2.64. The summed E-state index contributed by atoms with van der Waals surface area (Å²) in [6, 6.07) is 0. The lowest BCUT2D eigenvalue weighted by atomic mass is 9.51.